The third kappa shape index (κ3) is 12.8. The minimum Gasteiger partial charge on any atom is -0.371 e. The third-order valence-electron chi connectivity index (χ3n) is 7.46. The summed E-state index contributed by atoms with van der Waals surface area (Å²) >= 11 is 0. The number of nitriles is 1. The van der Waals surface area contributed by atoms with Crippen molar-refractivity contribution in [3.05, 3.63) is 70.6 Å². The Hall–Kier alpha value is -3.13. The second-order valence-corrected chi connectivity index (χ2v) is 12.3. The number of allylic oxidation sites excluding steroid dienone is 11. The molecule has 1 heterocycles. The summed E-state index contributed by atoms with van der Waals surface area (Å²) in [5, 5.41) is 8.85. The molecule has 1 aliphatic carbocycles. The predicted octanol–water partition coefficient (Wildman–Crippen LogP) is 9.34. The van der Waals surface area contributed by atoms with Crippen LogP contribution in [0.2, 0.25) is 0 Å². The minimum atomic E-state index is -0.308. The average Bonchev–Trinajstić information content (AvgIpc) is 3.80. The Morgan fingerprint density at radius 3 is 2.05 bits per heavy atom. The molecule has 0 atom stereocenters. The fourth-order valence-electron chi connectivity index (χ4n) is 5.03. The van der Waals surface area contributed by atoms with Gasteiger partial charge in [-0.1, -0.05) is 77.8 Å². The molecule has 5 heteroatoms. The number of carbonyl (C=O) groups excluding carboxylic acids is 1. The van der Waals surface area contributed by atoms with Gasteiger partial charge in [0.2, 0.25) is 5.91 Å². The number of hydrogen-bond acceptors (Lipinski definition) is 4. The lowest BCUT2D eigenvalue weighted by Crippen LogP contribution is -2.51. The van der Waals surface area contributed by atoms with E-state index in [1.807, 2.05) is 56.2 Å². The van der Waals surface area contributed by atoms with E-state index in [9.17, 15) is 4.79 Å². The minimum absolute atomic E-state index is 0.253. The van der Waals surface area contributed by atoms with E-state index in [1.165, 1.54) is 35.3 Å². The molecule has 0 aromatic rings. The van der Waals surface area contributed by atoms with Crippen LogP contribution in [0.4, 0.5) is 0 Å². The maximum Gasteiger partial charge on any atom is 0.228 e. The van der Waals surface area contributed by atoms with E-state index in [0.29, 0.717) is 5.92 Å². The lowest BCUT2D eigenvalue weighted by Gasteiger charge is -2.40. The van der Waals surface area contributed by atoms with Crippen molar-refractivity contribution in [2.24, 2.45) is 16.3 Å². The first-order valence-electron chi connectivity index (χ1n) is 16.0. The molecule has 1 aliphatic heterocycles. The highest BCUT2D eigenvalue weighted by molar-refractivity contribution is 6.03. The van der Waals surface area contributed by atoms with Crippen LogP contribution < -0.4 is 0 Å². The van der Waals surface area contributed by atoms with Crippen molar-refractivity contribution >= 4 is 11.6 Å². The van der Waals surface area contributed by atoms with E-state index >= 15 is 0 Å². The van der Waals surface area contributed by atoms with E-state index in [4.69, 9.17) is 10.3 Å². The van der Waals surface area contributed by atoms with E-state index < -0.39 is 0 Å². The third-order valence-corrected chi connectivity index (χ3v) is 7.46. The SMILES string of the molecule is CC/C=C/C=C(C#N)\C=C(/C)CCC.C\C=C(C(/C(C)=N/C=C/CC)=C(/C)N1CCN(C(=O)C(C)(C)C)CC1)\C1CC1. The first kappa shape index (κ1) is 36.9. The number of amides is 1. The molecular weight excluding hydrogens is 516 g/mol. The molecule has 0 unspecified atom stereocenters. The summed E-state index contributed by atoms with van der Waals surface area (Å²) < 4.78 is 0. The van der Waals surface area contributed by atoms with Gasteiger partial charge in [-0.3, -0.25) is 9.79 Å². The molecule has 42 heavy (non-hydrogen) atoms. The summed E-state index contributed by atoms with van der Waals surface area (Å²) in [6.07, 6.45) is 20.9. The van der Waals surface area contributed by atoms with Crippen LogP contribution in [0.25, 0.3) is 0 Å². The first-order chi connectivity index (χ1) is 19.9. The molecule has 1 amide bonds. The Balaban J connectivity index is 0.000000532. The average molecular weight is 575 g/mol. The van der Waals surface area contributed by atoms with Crippen LogP contribution in [0.3, 0.4) is 0 Å². The Morgan fingerprint density at radius 2 is 1.57 bits per heavy atom. The van der Waals surface area contributed by atoms with E-state index in [-0.39, 0.29) is 11.3 Å². The molecule has 232 valence electrons. The highest BCUT2D eigenvalue weighted by atomic mass is 16.2. The van der Waals surface area contributed by atoms with Crippen molar-refractivity contribution in [3.63, 3.8) is 0 Å². The standard InChI is InChI=1S/C24H39N3O.C13H19N/c1-8-10-13-25-18(3)22(21(9-2)20-11-12-20)19(4)26-14-16-27(17-15-26)23(28)24(5,6)7;1-4-6-7-9-13(11-14)10-12(3)8-5-2/h9-10,13,20H,8,11-12,14-17H2,1-7H3;6-7,9-10H,4-5,8H2,1-3H3/b13-10+,21-9-,22-19-,25-18+;7-6+,12-10+,13-9+. The van der Waals surface area contributed by atoms with Gasteiger partial charge in [0.05, 0.1) is 11.6 Å². The van der Waals surface area contributed by atoms with Gasteiger partial charge >= 0.3 is 0 Å². The van der Waals surface area contributed by atoms with Crippen LogP contribution in [0.1, 0.15) is 108 Å². The van der Waals surface area contributed by atoms with Gasteiger partial charge in [-0.2, -0.15) is 5.26 Å². The smallest absolute Gasteiger partial charge is 0.228 e. The maximum atomic E-state index is 12.6. The number of rotatable bonds is 11. The highest BCUT2D eigenvalue weighted by Gasteiger charge is 2.33. The van der Waals surface area contributed by atoms with Crippen molar-refractivity contribution in [2.75, 3.05) is 26.2 Å². The molecule has 1 saturated carbocycles. The van der Waals surface area contributed by atoms with Crippen LogP contribution in [-0.4, -0.2) is 47.6 Å². The van der Waals surface area contributed by atoms with E-state index in [2.05, 4.69) is 71.6 Å². The molecular formula is C37H58N4O. The molecule has 0 radical (unpaired) electrons. The quantitative estimate of drug-likeness (QED) is 0.140. The molecule has 0 N–H and O–H groups in total. The van der Waals surface area contributed by atoms with Crippen LogP contribution in [0.5, 0.6) is 0 Å². The zero-order chi connectivity index (χ0) is 31.7. The number of hydrogen-bond donors (Lipinski definition) is 0. The van der Waals surface area contributed by atoms with Crippen LogP contribution in [0, 0.1) is 22.7 Å². The summed E-state index contributed by atoms with van der Waals surface area (Å²) in [6.45, 7) is 24.3. The Kier molecular flexibility index (Phi) is 16.8. The Bertz CT molecular complexity index is 1120. The number of nitrogens with zero attached hydrogens (tertiary/aromatic N) is 4. The van der Waals surface area contributed by atoms with Gasteiger partial charge in [0.1, 0.15) is 0 Å². The molecule has 0 bridgehead atoms. The molecule has 0 aromatic carbocycles. The van der Waals surface area contributed by atoms with Gasteiger partial charge < -0.3 is 9.80 Å². The number of aliphatic imine (C=N–C) groups is 1. The maximum absolute atomic E-state index is 12.6. The van der Waals surface area contributed by atoms with Crippen molar-refractivity contribution in [1.29, 1.82) is 5.26 Å². The molecule has 0 spiro atoms. The second-order valence-electron chi connectivity index (χ2n) is 12.3. The zero-order valence-electron chi connectivity index (χ0n) is 28.4. The second kappa shape index (κ2) is 19.1. The fourth-order valence-corrected chi connectivity index (χ4v) is 5.03. The largest absolute Gasteiger partial charge is 0.371 e. The summed E-state index contributed by atoms with van der Waals surface area (Å²) in [5.74, 6) is 0.933. The van der Waals surface area contributed by atoms with Gasteiger partial charge in [0.25, 0.3) is 0 Å². The monoisotopic (exact) mass is 574 g/mol. The van der Waals surface area contributed by atoms with Crippen LogP contribution in [0.15, 0.2) is 75.6 Å². The highest BCUT2D eigenvalue weighted by Crippen LogP contribution is 2.41. The molecule has 5 nitrogen and oxygen atoms in total. The molecule has 2 aliphatic rings. The summed E-state index contributed by atoms with van der Waals surface area (Å²) in [6, 6.07) is 2.18. The van der Waals surface area contributed by atoms with Crippen molar-refractivity contribution < 1.29 is 4.79 Å². The Labute approximate surface area is 258 Å². The number of carbonyl (C=O) groups is 1. The normalized spacial score (nSPS) is 18.2. The molecule has 2 fully saturated rings. The summed E-state index contributed by atoms with van der Waals surface area (Å²) in [5.41, 5.74) is 6.84. The van der Waals surface area contributed by atoms with Gasteiger partial charge in [-0.25, -0.2) is 0 Å². The molecule has 0 aromatic heterocycles. The van der Waals surface area contributed by atoms with E-state index in [0.717, 1.165) is 63.1 Å². The first-order valence-corrected chi connectivity index (χ1v) is 16.0. The summed E-state index contributed by atoms with van der Waals surface area (Å²) in [4.78, 5) is 21.8. The van der Waals surface area contributed by atoms with Crippen LogP contribution in [-0.2, 0) is 4.79 Å². The fraction of sp³-hybridized carbons (Fsp3) is 0.595. The van der Waals surface area contributed by atoms with Crippen molar-refractivity contribution in [3.8, 4) is 6.07 Å². The van der Waals surface area contributed by atoms with Gasteiger partial charge in [0.15, 0.2) is 0 Å². The van der Waals surface area contributed by atoms with Gasteiger partial charge in [-0.05, 0) is 83.4 Å². The lowest BCUT2D eigenvalue weighted by molar-refractivity contribution is -0.141. The predicted molar refractivity (Wildman–Crippen MR) is 181 cm³/mol. The van der Waals surface area contributed by atoms with Crippen molar-refractivity contribution in [1.82, 2.24) is 9.80 Å². The van der Waals surface area contributed by atoms with Gasteiger partial charge in [0, 0.05) is 54.8 Å². The van der Waals surface area contributed by atoms with Gasteiger partial charge in [-0.15, -0.1) is 0 Å². The molecule has 1 saturated heterocycles. The van der Waals surface area contributed by atoms with Crippen LogP contribution >= 0.6 is 0 Å². The lowest BCUT2D eigenvalue weighted by atomic mass is 9.93. The summed E-state index contributed by atoms with van der Waals surface area (Å²) in [7, 11) is 0. The zero-order valence-corrected chi connectivity index (χ0v) is 28.4. The van der Waals surface area contributed by atoms with Crippen molar-refractivity contribution in [2.45, 2.75) is 108 Å². The molecule has 2 rings (SSSR count). The number of piperazine rings is 1. The van der Waals surface area contributed by atoms with E-state index in [1.54, 1.807) is 0 Å². The topological polar surface area (TPSA) is 59.7 Å². The Morgan fingerprint density at radius 1 is 0.976 bits per heavy atom.